The number of aryl methyl sites for hydroxylation is 2. The maximum absolute atomic E-state index is 11.9. The molecule has 0 saturated heterocycles. The van der Waals surface area contributed by atoms with Crippen LogP contribution in [0.3, 0.4) is 0 Å². The Hall–Kier alpha value is -1.35. The number of benzene rings is 1. The number of carbonyl (C=O) groups is 1. The summed E-state index contributed by atoms with van der Waals surface area (Å²) in [5, 5.41) is 12.1. The third kappa shape index (κ3) is 4.64. The molecule has 0 heterocycles. The first-order valence-electron chi connectivity index (χ1n) is 7.70. The van der Waals surface area contributed by atoms with Crippen LogP contribution < -0.4 is 5.32 Å². The number of carbonyl (C=O) groups excluding carboxylic acids is 1. The van der Waals surface area contributed by atoms with E-state index < -0.39 is 0 Å². The smallest absolute Gasteiger partial charge is 0.224 e. The zero-order valence-electron chi connectivity index (χ0n) is 12.3. The summed E-state index contributed by atoms with van der Waals surface area (Å²) in [6.07, 6.45) is 6.63. The third-order valence-electron chi connectivity index (χ3n) is 3.90. The van der Waals surface area contributed by atoms with E-state index >= 15 is 0 Å². The Balaban J connectivity index is 1.79. The van der Waals surface area contributed by atoms with Crippen LogP contribution in [0.5, 0.6) is 0 Å². The minimum atomic E-state index is -0.285. The molecule has 2 rings (SSSR count). The van der Waals surface area contributed by atoms with E-state index in [1.54, 1.807) is 6.92 Å². The first-order chi connectivity index (χ1) is 9.65. The van der Waals surface area contributed by atoms with Crippen molar-refractivity contribution in [1.82, 2.24) is 5.32 Å². The SMILES string of the molecule is CC(O)CCCNC(=O)Cc1ccc2c(c1)CCCC2. The second kappa shape index (κ2) is 7.44. The monoisotopic (exact) mass is 275 g/mol. The van der Waals surface area contributed by atoms with Crippen molar-refractivity contribution in [3.05, 3.63) is 34.9 Å². The predicted molar refractivity (Wildman–Crippen MR) is 80.7 cm³/mol. The molecule has 1 aromatic rings. The summed E-state index contributed by atoms with van der Waals surface area (Å²) in [7, 11) is 0. The van der Waals surface area contributed by atoms with Crippen LogP contribution in [0.2, 0.25) is 0 Å². The van der Waals surface area contributed by atoms with Crippen LogP contribution in [-0.2, 0) is 24.1 Å². The fourth-order valence-corrected chi connectivity index (χ4v) is 2.77. The van der Waals surface area contributed by atoms with Gasteiger partial charge in [-0.3, -0.25) is 4.79 Å². The Morgan fingerprint density at radius 2 is 2.05 bits per heavy atom. The van der Waals surface area contributed by atoms with Gasteiger partial charge in [0.1, 0.15) is 0 Å². The molecule has 1 atom stereocenters. The molecule has 0 aliphatic heterocycles. The van der Waals surface area contributed by atoms with Crippen molar-refractivity contribution in [3.63, 3.8) is 0 Å². The molecule has 1 unspecified atom stereocenters. The number of aliphatic hydroxyl groups excluding tert-OH is 1. The van der Waals surface area contributed by atoms with Crippen molar-refractivity contribution >= 4 is 5.91 Å². The number of rotatable bonds is 6. The number of aliphatic hydroxyl groups is 1. The highest BCUT2D eigenvalue weighted by molar-refractivity contribution is 5.78. The Labute approximate surface area is 121 Å². The Morgan fingerprint density at radius 1 is 1.30 bits per heavy atom. The van der Waals surface area contributed by atoms with Crippen molar-refractivity contribution < 1.29 is 9.90 Å². The first kappa shape index (κ1) is 15.0. The lowest BCUT2D eigenvalue weighted by Gasteiger charge is -2.16. The average Bonchev–Trinajstić information content (AvgIpc) is 2.43. The average molecular weight is 275 g/mol. The Bertz CT molecular complexity index is 454. The van der Waals surface area contributed by atoms with Gasteiger partial charge in [-0.05, 0) is 62.1 Å². The highest BCUT2D eigenvalue weighted by Crippen LogP contribution is 2.22. The van der Waals surface area contributed by atoms with Gasteiger partial charge in [0.05, 0.1) is 12.5 Å². The molecular weight excluding hydrogens is 250 g/mol. The highest BCUT2D eigenvalue weighted by atomic mass is 16.3. The zero-order chi connectivity index (χ0) is 14.4. The van der Waals surface area contributed by atoms with E-state index in [1.165, 1.54) is 30.4 Å². The number of amides is 1. The van der Waals surface area contributed by atoms with Gasteiger partial charge in [0.25, 0.3) is 0 Å². The molecule has 1 aliphatic carbocycles. The van der Waals surface area contributed by atoms with Crippen LogP contribution in [0, 0.1) is 0 Å². The van der Waals surface area contributed by atoms with Crippen LogP contribution >= 0.6 is 0 Å². The van der Waals surface area contributed by atoms with Gasteiger partial charge in [-0.2, -0.15) is 0 Å². The van der Waals surface area contributed by atoms with E-state index in [0.717, 1.165) is 24.8 Å². The highest BCUT2D eigenvalue weighted by Gasteiger charge is 2.11. The minimum Gasteiger partial charge on any atom is -0.393 e. The molecule has 1 aliphatic rings. The number of hydrogen-bond donors (Lipinski definition) is 2. The van der Waals surface area contributed by atoms with E-state index in [-0.39, 0.29) is 12.0 Å². The molecule has 2 N–H and O–H groups in total. The van der Waals surface area contributed by atoms with E-state index in [2.05, 4.69) is 23.5 Å². The van der Waals surface area contributed by atoms with Gasteiger partial charge < -0.3 is 10.4 Å². The van der Waals surface area contributed by atoms with Crippen molar-refractivity contribution in [1.29, 1.82) is 0 Å². The first-order valence-corrected chi connectivity index (χ1v) is 7.70. The molecule has 110 valence electrons. The van der Waals surface area contributed by atoms with Crippen LogP contribution in [0.4, 0.5) is 0 Å². The van der Waals surface area contributed by atoms with E-state index in [0.29, 0.717) is 13.0 Å². The molecule has 0 fully saturated rings. The predicted octanol–water partition coefficient (Wildman–Crippen LogP) is 2.39. The quantitative estimate of drug-likeness (QED) is 0.783. The fraction of sp³-hybridized carbons (Fsp3) is 0.588. The van der Waals surface area contributed by atoms with Gasteiger partial charge in [0, 0.05) is 6.54 Å². The van der Waals surface area contributed by atoms with E-state index in [4.69, 9.17) is 5.11 Å². The van der Waals surface area contributed by atoms with Gasteiger partial charge >= 0.3 is 0 Å². The van der Waals surface area contributed by atoms with Crippen LogP contribution in [0.15, 0.2) is 18.2 Å². The molecule has 1 aromatic carbocycles. The Morgan fingerprint density at radius 3 is 2.80 bits per heavy atom. The van der Waals surface area contributed by atoms with Crippen molar-refractivity contribution in [2.24, 2.45) is 0 Å². The van der Waals surface area contributed by atoms with E-state index in [9.17, 15) is 4.79 Å². The summed E-state index contributed by atoms with van der Waals surface area (Å²) in [6.45, 7) is 2.42. The third-order valence-corrected chi connectivity index (χ3v) is 3.90. The van der Waals surface area contributed by atoms with Gasteiger partial charge in [-0.25, -0.2) is 0 Å². The molecular formula is C17H25NO2. The van der Waals surface area contributed by atoms with Crippen LogP contribution in [0.1, 0.15) is 49.3 Å². The molecule has 20 heavy (non-hydrogen) atoms. The van der Waals surface area contributed by atoms with E-state index in [1.807, 2.05) is 0 Å². The van der Waals surface area contributed by atoms with Crippen molar-refractivity contribution in [2.75, 3.05) is 6.54 Å². The topological polar surface area (TPSA) is 49.3 Å². The standard InChI is InChI=1S/C17H25NO2/c1-13(19)5-4-10-18-17(20)12-14-8-9-15-6-2-3-7-16(15)11-14/h8-9,11,13,19H,2-7,10,12H2,1H3,(H,18,20). The molecule has 0 bridgehead atoms. The summed E-state index contributed by atoms with van der Waals surface area (Å²) in [5.41, 5.74) is 3.99. The lowest BCUT2D eigenvalue weighted by molar-refractivity contribution is -0.120. The second-order valence-electron chi connectivity index (χ2n) is 5.83. The number of nitrogens with one attached hydrogen (secondary N) is 1. The van der Waals surface area contributed by atoms with Gasteiger partial charge in [-0.1, -0.05) is 18.2 Å². The van der Waals surface area contributed by atoms with Gasteiger partial charge in [0.15, 0.2) is 0 Å². The molecule has 0 radical (unpaired) electrons. The maximum Gasteiger partial charge on any atom is 0.224 e. The molecule has 3 heteroatoms. The normalized spacial score (nSPS) is 15.5. The Kier molecular flexibility index (Phi) is 5.60. The lowest BCUT2D eigenvalue weighted by atomic mass is 9.90. The molecule has 0 spiro atoms. The summed E-state index contributed by atoms with van der Waals surface area (Å²) in [6, 6.07) is 6.47. The fourth-order valence-electron chi connectivity index (χ4n) is 2.77. The van der Waals surface area contributed by atoms with Crippen molar-refractivity contribution in [2.45, 2.75) is 58.0 Å². The van der Waals surface area contributed by atoms with Gasteiger partial charge in [-0.15, -0.1) is 0 Å². The van der Waals surface area contributed by atoms with Gasteiger partial charge in [0.2, 0.25) is 5.91 Å². The number of fused-ring (bicyclic) bond motifs is 1. The van der Waals surface area contributed by atoms with Crippen molar-refractivity contribution in [3.8, 4) is 0 Å². The van der Waals surface area contributed by atoms with Crippen LogP contribution in [-0.4, -0.2) is 23.7 Å². The summed E-state index contributed by atoms with van der Waals surface area (Å²) >= 11 is 0. The largest absolute Gasteiger partial charge is 0.393 e. The molecule has 0 saturated carbocycles. The zero-order valence-corrected chi connectivity index (χ0v) is 12.3. The lowest BCUT2D eigenvalue weighted by Crippen LogP contribution is -2.26. The molecule has 0 aromatic heterocycles. The minimum absolute atomic E-state index is 0.0753. The summed E-state index contributed by atoms with van der Waals surface area (Å²) < 4.78 is 0. The van der Waals surface area contributed by atoms with Crippen LogP contribution in [0.25, 0.3) is 0 Å². The summed E-state index contributed by atoms with van der Waals surface area (Å²) in [5.74, 6) is 0.0753. The molecule has 1 amide bonds. The maximum atomic E-state index is 11.9. The number of hydrogen-bond acceptors (Lipinski definition) is 2. The summed E-state index contributed by atoms with van der Waals surface area (Å²) in [4.78, 5) is 11.9. The molecule has 3 nitrogen and oxygen atoms in total. The second-order valence-corrected chi connectivity index (χ2v) is 5.83.